The summed E-state index contributed by atoms with van der Waals surface area (Å²) in [6.45, 7) is 1.89. The van der Waals surface area contributed by atoms with Gasteiger partial charge in [0.25, 0.3) is 0 Å². The third-order valence-electron chi connectivity index (χ3n) is 5.68. The topological polar surface area (TPSA) is 38.8 Å². The summed E-state index contributed by atoms with van der Waals surface area (Å²) in [5.41, 5.74) is 1.82. The van der Waals surface area contributed by atoms with Crippen LogP contribution >= 0.6 is 0 Å². The summed E-state index contributed by atoms with van der Waals surface area (Å²) < 4.78 is 12.0. The molecule has 27 heavy (non-hydrogen) atoms. The van der Waals surface area contributed by atoms with Crippen molar-refractivity contribution in [1.29, 1.82) is 0 Å². The van der Waals surface area contributed by atoms with Crippen molar-refractivity contribution in [3.05, 3.63) is 59.7 Å². The van der Waals surface area contributed by atoms with Gasteiger partial charge in [-0.05, 0) is 56.6 Å². The molecule has 0 radical (unpaired) electrons. The maximum absolute atomic E-state index is 12.6. The second kappa shape index (κ2) is 8.13. The van der Waals surface area contributed by atoms with E-state index in [0.29, 0.717) is 19.1 Å². The molecule has 0 saturated carbocycles. The largest absolute Gasteiger partial charge is 0.494 e. The Labute approximate surface area is 161 Å². The molecule has 142 valence electrons. The number of carbonyl (C=O) groups is 1. The van der Waals surface area contributed by atoms with Crippen LogP contribution in [0.15, 0.2) is 48.5 Å². The Morgan fingerprint density at radius 2 is 2.00 bits per heavy atom. The van der Waals surface area contributed by atoms with Gasteiger partial charge >= 0.3 is 0 Å². The molecule has 2 aliphatic rings. The van der Waals surface area contributed by atoms with Crippen LogP contribution in [0.4, 0.5) is 0 Å². The highest BCUT2D eigenvalue weighted by molar-refractivity contribution is 5.88. The van der Waals surface area contributed by atoms with E-state index in [1.807, 2.05) is 48.5 Å². The minimum atomic E-state index is -0.507. The van der Waals surface area contributed by atoms with Crippen molar-refractivity contribution in [3.63, 3.8) is 0 Å². The van der Waals surface area contributed by atoms with Gasteiger partial charge in [0.15, 0.2) is 11.9 Å². The maximum atomic E-state index is 12.6. The molecule has 0 N–H and O–H groups in total. The van der Waals surface area contributed by atoms with E-state index in [0.717, 1.165) is 29.0 Å². The molecule has 2 aromatic rings. The lowest BCUT2D eigenvalue weighted by molar-refractivity contribution is -0.126. The van der Waals surface area contributed by atoms with Crippen LogP contribution in [0.2, 0.25) is 0 Å². The molecule has 0 aliphatic carbocycles. The van der Waals surface area contributed by atoms with Crippen molar-refractivity contribution in [2.45, 2.75) is 44.2 Å². The average molecular weight is 365 g/mol. The minimum Gasteiger partial charge on any atom is -0.494 e. The average Bonchev–Trinajstić information content (AvgIpc) is 2.69. The summed E-state index contributed by atoms with van der Waals surface area (Å²) in [6, 6.07) is 16.1. The van der Waals surface area contributed by atoms with Crippen molar-refractivity contribution in [1.82, 2.24) is 4.90 Å². The van der Waals surface area contributed by atoms with Crippen LogP contribution in [0.5, 0.6) is 11.5 Å². The second-order valence-corrected chi connectivity index (χ2v) is 7.59. The Kier molecular flexibility index (Phi) is 5.44. The Bertz CT molecular complexity index is 789. The lowest BCUT2D eigenvalue weighted by atomic mass is 9.96. The number of carbonyl (C=O) groups excluding carboxylic acids is 1. The van der Waals surface area contributed by atoms with Gasteiger partial charge in [0, 0.05) is 18.0 Å². The summed E-state index contributed by atoms with van der Waals surface area (Å²) in [7, 11) is 2.20. The summed E-state index contributed by atoms with van der Waals surface area (Å²) >= 11 is 0. The van der Waals surface area contributed by atoms with Gasteiger partial charge in [-0.25, -0.2) is 0 Å². The number of fused-ring (bicyclic) bond motifs is 1. The molecular weight excluding hydrogens is 338 g/mol. The predicted octanol–water partition coefficient (Wildman–Crippen LogP) is 4.19. The number of rotatable bonds is 5. The SMILES string of the molecule is CN1CCCCC1CCOc1ccc2c(c1)CC(=O)C(c1ccccc1)O2. The smallest absolute Gasteiger partial charge is 0.182 e. The van der Waals surface area contributed by atoms with Crippen LogP contribution in [0.1, 0.15) is 42.9 Å². The van der Waals surface area contributed by atoms with Crippen molar-refractivity contribution >= 4 is 5.78 Å². The fraction of sp³-hybridized carbons (Fsp3) is 0.435. The van der Waals surface area contributed by atoms with Gasteiger partial charge in [0.1, 0.15) is 11.5 Å². The zero-order valence-electron chi connectivity index (χ0n) is 15.9. The predicted molar refractivity (Wildman–Crippen MR) is 105 cm³/mol. The fourth-order valence-corrected chi connectivity index (χ4v) is 4.08. The third kappa shape index (κ3) is 4.16. The highest BCUT2D eigenvalue weighted by Gasteiger charge is 2.29. The van der Waals surface area contributed by atoms with Crippen molar-refractivity contribution in [2.75, 3.05) is 20.2 Å². The number of piperidine rings is 1. The van der Waals surface area contributed by atoms with Crippen molar-refractivity contribution < 1.29 is 14.3 Å². The fourth-order valence-electron chi connectivity index (χ4n) is 4.08. The number of likely N-dealkylation sites (tertiary alicyclic amines) is 1. The normalized spacial score (nSPS) is 22.8. The van der Waals surface area contributed by atoms with Crippen LogP contribution in [-0.2, 0) is 11.2 Å². The van der Waals surface area contributed by atoms with E-state index in [1.54, 1.807) is 0 Å². The first kappa shape index (κ1) is 18.1. The molecule has 1 saturated heterocycles. The number of hydrogen-bond donors (Lipinski definition) is 0. The summed E-state index contributed by atoms with van der Waals surface area (Å²) in [4.78, 5) is 15.0. The zero-order chi connectivity index (χ0) is 18.6. The molecule has 2 aliphatic heterocycles. The summed E-state index contributed by atoms with van der Waals surface area (Å²) in [5, 5.41) is 0. The maximum Gasteiger partial charge on any atom is 0.182 e. The number of benzene rings is 2. The number of Topliss-reactive ketones (excluding diaryl/α,β-unsaturated/α-hetero) is 1. The Morgan fingerprint density at radius 3 is 2.81 bits per heavy atom. The van der Waals surface area contributed by atoms with Gasteiger partial charge in [-0.15, -0.1) is 0 Å². The van der Waals surface area contributed by atoms with Crippen LogP contribution in [0.25, 0.3) is 0 Å². The standard InChI is InChI=1S/C23H27NO3/c1-24-13-6-5-9-19(24)12-14-26-20-10-11-22-18(15-20)16-21(25)23(27-22)17-7-3-2-4-8-17/h2-4,7-8,10-11,15,19,23H,5-6,9,12-14,16H2,1H3. The number of nitrogens with zero attached hydrogens (tertiary/aromatic N) is 1. The number of ketones is 1. The quantitative estimate of drug-likeness (QED) is 0.797. The van der Waals surface area contributed by atoms with Gasteiger partial charge < -0.3 is 14.4 Å². The van der Waals surface area contributed by atoms with Crippen LogP contribution in [0, 0.1) is 0 Å². The Hall–Kier alpha value is -2.33. The van der Waals surface area contributed by atoms with Gasteiger partial charge in [-0.1, -0.05) is 36.8 Å². The Balaban J connectivity index is 1.38. The molecule has 4 nitrogen and oxygen atoms in total. The van der Waals surface area contributed by atoms with Crippen molar-refractivity contribution in [2.24, 2.45) is 0 Å². The molecule has 4 rings (SSSR count). The minimum absolute atomic E-state index is 0.0923. The summed E-state index contributed by atoms with van der Waals surface area (Å²) in [5.74, 6) is 1.69. The van der Waals surface area contributed by atoms with Gasteiger partial charge in [0.05, 0.1) is 6.61 Å². The third-order valence-corrected chi connectivity index (χ3v) is 5.68. The molecule has 2 unspecified atom stereocenters. The molecular formula is C23H27NO3. The van der Waals surface area contributed by atoms with Gasteiger partial charge in [-0.3, -0.25) is 4.79 Å². The van der Waals surface area contributed by atoms with E-state index in [1.165, 1.54) is 25.8 Å². The molecule has 0 amide bonds. The van der Waals surface area contributed by atoms with Crippen LogP contribution in [0.3, 0.4) is 0 Å². The lowest BCUT2D eigenvalue weighted by Crippen LogP contribution is -2.37. The van der Waals surface area contributed by atoms with E-state index in [9.17, 15) is 4.79 Å². The molecule has 2 atom stereocenters. The first-order valence-corrected chi connectivity index (χ1v) is 9.91. The molecule has 0 aromatic heterocycles. The van der Waals surface area contributed by atoms with Gasteiger partial charge in [-0.2, -0.15) is 0 Å². The number of ether oxygens (including phenoxy) is 2. The summed E-state index contributed by atoms with van der Waals surface area (Å²) in [6.07, 6.45) is 4.79. The van der Waals surface area contributed by atoms with Crippen LogP contribution < -0.4 is 9.47 Å². The highest BCUT2D eigenvalue weighted by atomic mass is 16.5. The molecule has 4 heteroatoms. The molecule has 0 bridgehead atoms. The number of hydrogen-bond acceptors (Lipinski definition) is 4. The zero-order valence-corrected chi connectivity index (χ0v) is 15.9. The molecule has 2 heterocycles. The first-order chi connectivity index (χ1) is 13.2. The van der Waals surface area contributed by atoms with Crippen LogP contribution in [-0.4, -0.2) is 36.9 Å². The lowest BCUT2D eigenvalue weighted by Gasteiger charge is -2.32. The molecule has 2 aromatic carbocycles. The van der Waals surface area contributed by atoms with Crippen molar-refractivity contribution in [3.8, 4) is 11.5 Å². The monoisotopic (exact) mass is 365 g/mol. The van der Waals surface area contributed by atoms with E-state index in [-0.39, 0.29) is 5.78 Å². The van der Waals surface area contributed by atoms with Gasteiger partial charge in [0.2, 0.25) is 0 Å². The molecule has 0 spiro atoms. The van der Waals surface area contributed by atoms with E-state index in [4.69, 9.17) is 9.47 Å². The second-order valence-electron chi connectivity index (χ2n) is 7.59. The first-order valence-electron chi connectivity index (χ1n) is 9.91. The highest BCUT2D eigenvalue weighted by Crippen LogP contribution is 2.35. The van der Waals surface area contributed by atoms with E-state index < -0.39 is 6.10 Å². The molecule has 1 fully saturated rings. The Morgan fingerprint density at radius 1 is 1.15 bits per heavy atom. The van der Waals surface area contributed by atoms with E-state index in [2.05, 4.69) is 11.9 Å². The van der Waals surface area contributed by atoms with E-state index >= 15 is 0 Å².